The van der Waals surface area contributed by atoms with E-state index in [9.17, 15) is 14.7 Å². The number of fused-ring (bicyclic) bond motifs is 2. The molecule has 0 fully saturated rings. The SMILES string of the molecule is CCN1C(=O)c2ccccc2Sc2ccc(NC(=O)Cc3ccc(OC)c(O)c3)cc21. The van der Waals surface area contributed by atoms with Crippen molar-refractivity contribution in [2.24, 2.45) is 0 Å². The van der Waals surface area contributed by atoms with E-state index in [0.717, 1.165) is 15.5 Å². The van der Waals surface area contributed by atoms with Gasteiger partial charge in [-0.05, 0) is 55.0 Å². The van der Waals surface area contributed by atoms with E-state index in [1.54, 1.807) is 28.8 Å². The number of phenols is 1. The average molecular weight is 435 g/mol. The van der Waals surface area contributed by atoms with E-state index in [0.29, 0.717) is 29.1 Å². The van der Waals surface area contributed by atoms with E-state index >= 15 is 0 Å². The predicted octanol–water partition coefficient (Wildman–Crippen LogP) is 4.71. The topological polar surface area (TPSA) is 78.9 Å². The van der Waals surface area contributed by atoms with Gasteiger partial charge in [0, 0.05) is 22.0 Å². The number of benzene rings is 3. The zero-order valence-corrected chi connectivity index (χ0v) is 18.0. The zero-order valence-electron chi connectivity index (χ0n) is 17.2. The van der Waals surface area contributed by atoms with Crippen LogP contribution in [0.4, 0.5) is 11.4 Å². The molecule has 7 heteroatoms. The lowest BCUT2D eigenvalue weighted by atomic mass is 10.1. The first-order valence-corrected chi connectivity index (χ1v) is 10.7. The van der Waals surface area contributed by atoms with E-state index in [1.165, 1.54) is 13.2 Å². The molecule has 1 aliphatic heterocycles. The smallest absolute Gasteiger partial charge is 0.259 e. The maximum Gasteiger partial charge on any atom is 0.259 e. The van der Waals surface area contributed by atoms with E-state index < -0.39 is 0 Å². The molecule has 1 heterocycles. The molecule has 3 aromatic rings. The summed E-state index contributed by atoms with van der Waals surface area (Å²) in [4.78, 5) is 29.3. The molecule has 0 unspecified atom stereocenters. The van der Waals surface area contributed by atoms with E-state index in [1.807, 2.05) is 49.4 Å². The van der Waals surface area contributed by atoms with Gasteiger partial charge in [-0.3, -0.25) is 9.59 Å². The highest BCUT2D eigenvalue weighted by molar-refractivity contribution is 7.99. The molecular formula is C24H22N2O4S. The normalized spacial score (nSPS) is 12.6. The number of methoxy groups -OCH3 is 1. The van der Waals surface area contributed by atoms with Crippen molar-refractivity contribution in [1.29, 1.82) is 0 Å². The van der Waals surface area contributed by atoms with Crippen molar-refractivity contribution < 1.29 is 19.4 Å². The number of anilines is 2. The van der Waals surface area contributed by atoms with Crippen molar-refractivity contribution in [1.82, 2.24) is 0 Å². The molecule has 0 aromatic heterocycles. The standard InChI is InChI=1S/C24H22N2O4S/c1-3-26-18-14-16(25-23(28)13-15-8-10-20(30-2)19(27)12-15)9-11-22(18)31-21-7-5-4-6-17(21)24(26)29/h4-12,14,27H,3,13H2,1-2H3,(H,25,28). The number of nitrogens with one attached hydrogen (secondary N) is 1. The Morgan fingerprint density at radius 2 is 1.90 bits per heavy atom. The van der Waals surface area contributed by atoms with Gasteiger partial charge < -0.3 is 20.1 Å². The summed E-state index contributed by atoms with van der Waals surface area (Å²) in [6, 6.07) is 18.0. The van der Waals surface area contributed by atoms with Crippen molar-refractivity contribution >= 4 is 35.0 Å². The Hall–Kier alpha value is -3.45. The number of nitrogens with zero attached hydrogens (tertiary/aromatic N) is 1. The Bertz CT molecular complexity index is 1160. The second-order valence-electron chi connectivity index (χ2n) is 7.06. The van der Waals surface area contributed by atoms with E-state index in [4.69, 9.17) is 4.74 Å². The second kappa shape index (κ2) is 8.73. The highest BCUT2D eigenvalue weighted by atomic mass is 32.2. The molecule has 0 bridgehead atoms. The van der Waals surface area contributed by atoms with Crippen molar-refractivity contribution in [3.05, 3.63) is 71.8 Å². The molecule has 0 saturated carbocycles. The lowest BCUT2D eigenvalue weighted by Gasteiger charge is -2.22. The molecule has 6 nitrogen and oxygen atoms in total. The minimum absolute atomic E-state index is 0.00785. The van der Waals surface area contributed by atoms with Crippen LogP contribution in [-0.2, 0) is 11.2 Å². The average Bonchev–Trinajstić information content (AvgIpc) is 2.87. The Kier molecular flexibility index (Phi) is 5.86. The first kappa shape index (κ1) is 20.8. The summed E-state index contributed by atoms with van der Waals surface area (Å²) < 4.78 is 5.03. The van der Waals surface area contributed by atoms with Crippen molar-refractivity contribution in [3.63, 3.8) is 0 Å². The van der Waals surface area contributed by atoms with Crippen LogP contribution >= 0.6 is 11.8 Å². The quantitative estimate of drug-likeness (QED) is 0.608. The summed E-state index contributed by atoms with van der Waals surface area (Å²) in [6.07, 6.45) is 0.102. The molecule has 0 radical (unpaired) electrons. The highest BCUT2D eigenvalue weighted by Gasteiger charge is 2.26. The number of hydrogen-bond donors (Lipinski definition) is 2. The monoisotopic (exact) mass is 434 g/mol. The van der Waals surface area contributed by atoms with Crippen LogP contribution in [0.3, 0.4) is 0 Å². The minimum atomic E-state index is -0.219. The number of phenolic OH excluding ortho intramolecular Hbond substituents is 1. The molecule has 3 aromatic carbocycles. The van der Waals surface area contributed by atoms with Crippen LogP contribution in [-0.4, -0.2) is 30.6 Å². The molecule has 0 spiro atoms. The molecule has 4 rings (SSSR count). The summed E-state index contributed by atoms with van der Waals surface area (Å²) in [5.41, 5.74) is 2.73. The third-order valence-corrected chi connectivity index (χ3v) is 6.18. The fourth-order valence-corrected chi connectivity index (χ4v) is 4.61. The van der Waals surface area contributed by atoms with E-state index in [2.05, 4.69) is 5.32 Å². The van der Waals surface area contributed by atoms with E-state index in [-0.39, 0.29) is 24.0 Å². The molecule has 31 heavy (non-hydrogen) atoms. The third kappa shape index (κ3) is 4.22. The maximum atomic E-state index is 13.1. The fourth-order valence-electron chi connectivity index (χ4n) is 3.55. The van der Waals surface area contributed by atoms with Crippen molar-refractivity contribution in [3.8, 4) is 11.5 Å². The molecular weight excluding hydrogens is 412 g/mol. The Labute approximate surface area is 184 Å². The maximum absolute atomic E-state index is 13.1. The van der Waals surface area contributed by atoms with Gasteiger partial charge in [-0.1, -0.05) is 30.0 Å². The van der Waals surface area contributed by atoms with Gasteiger partial charge in [0.2, 0.25) is 5.91 Å². The fraction of sp³-hybridized carbons (Fsp3) is 0.167. The zero-order chi connectivity index (χ0) is 22.0. The van der Waals surface area contributed by atoms with Crippen LogP contribution in [0.1, 0.15) is 22.8 Å². The number of carbonyl (C=O) groups is 2. The number of hydrogen-bond acceptors (Lipinski definition) is 5. The third-order valence-electron chi connectivity index (χ3n) is 5.04. The lowest BCUT2D eigenvalue weighted by molar-refractivity contribution is -0.115. The first-order valence-electron chi connectivity index (χ1n) is 9.88. The lowest BCUT2D eigenvalue weighted by Crippen LogP contribution is -2.30. The van der Waals surface area contributed by atoms with Crippen LogP contribution in [0.2, 0.25) is 0 Å². The number of carbonyl (C=O) groups excluding carboxylic acids is 2. The minimum Gasteiger partial charge on any atom is -0.504 e. The van der Waals surface area contributed by atoms with Gasteiger partial charge in [-0.15, -0.1) is 0 Å². The molecule has 2 amide bonds. The summed E-state index contributed by atoms with van der Waals surface area (Å²) in [7, 11) is 1.47. The van der Waals surface area contributed by atoms with Gasteiger partial charge in [0.25, 0.3) is 5.91 Å². The van der Waals surface area contributed by atoms with Gasteiger partial charge in [-0.25, -0.2) is 0 Å². The van der Waals surface area contributed by atoms with Crippen LogP contribution in [0.25, 0.3) is 0 Å². The van der Waals surface area contributed by atoms with Gasteiger partial charge in [0.05, 0.1) is 24.8 Å². The van der Waals surface area contributed by atoms with Gasteiger partial charge >= 0.3 is 0 Å². The molecule has 0 saturated heterocycles. The Morgan fingerprint density at radius 3 is 2.65 bits per heavy atom. The van der Waals surface area contributed by atoms with Gasteiger partial charge in [0.15, 0.2) is 11.5 Å². The second-order valence-corrected chi connectivity index (χ2v) is 8.15. The number of amides is 2. The largest absolute Gasteiger partial charge is 0.504 e. The molecule has 158 valence electrons. The summed E-state index contributed by atoms with van der Waals surface area (Å²) in [5, 5.41) is 12.8. The van der Waals surface area contributed by atoms with Crippen LogP contribution < -0.4 is 15.0 Å². The molecule has 0 aliphatic carbocycles. The Balaban J connectivity index is 1.57. The summed E-state index contributed by atoms with van der Waals surface area (Å²) >= 11 is 1.55. The summed E-state index contributed by atoms with van der Waals surface area (Å²) in [5.74, 6) is 0.0780. The number of rotatable bonds is 5. The van der Waals surface area contributed by atoms with Crippen LogP contribution in [0.5, 0.6) is 11.5 Å². The van der Waals surface area contributed by atoms with Crippen LogP contribution in [0, 0.1) is 0 Å². The molecule has 0 atom stereocenters. The molecule has 2 N–H and O–H groups in total. The number of aromatic hydroxyl groups is 1. The molecule has 1 aliphatic rings. The van der Waals surface area contributed by atoms with Gasteiger partial charge in [-0.2, -0.15) is 0 Å². The predicted molar refractivity (Wildman–Crippen MR) is 121 cm³/mol. The highest BCUT2D eigenvalue weighted by Crippen LogP contribution is 2.42. The Morgan fingerprint density at radius 1 is 1.10 bits per heavy atom. The van der Waals surface area contributed by atoms with Crippen molar-refractivity contribution in [2.45, 2.75) is 23.1 Å². The van der Waals surface area contributed by atoms with Crippen molar-refractivity contribution in [2.75, 3.05) is 23.9 Å². The van der Waals surface area contributed by atoms with Crippen LogP contribution in [0.15, 0.2) is 70.5 Å². The summed E-state index contributed by atoms with van der Waals surface area (Å²) in [6.45, 7) is 2.45. The first-order chi connectivity index (χ1) is 15.0. The van der Waals surface area contributed by atoms with Gasteiger partial charge in [0.1, 0.15) is 0 Å². The number of ether oxygens (including phenoxy) is 1.